The Kier molecular flexibility index (Phi) is 9.20. The Morgan fingerprint density at radius 2 is 1.33 bits per heavy atom. The average molecular weight is 467 g/mol. The standard InChI is InChI=1S/C28H35O4P/c1-4-5-21-27(22(2)29)23(3)31-33(25-17-11-7-12-18-25,26-19-13-8-14-20-26)32-28(30)24-15-9-6-10-16-24/h6-20,22-23,27,29,33H,4-5,21H2,1-3H3. The number of hydrogen-bond acceptors (Lipinski definition) is 4. The molecule has 0 radical (unpaired) electrons. The van der Waals surface area contributed by atoms with Gasteiger partial charge >= 0.3 is 198 Å². The SMILES string of the molecule is CCCCC(C(C)O)C(C)O[PH](OC(=O)c1ccccc1)(c1ccccc1)c1ccccc1. The number of hydrogen-bond donors (Lipinski definition) is 1. The molecule has 3 rings (SSSR count). The van der Waals surface area contributed by atoms with E-state index in [9.17, 15) is 9.90 Å². The van der Waals surface area contributed by atoms with Crippen LogP contribution in [0.4, 0.5) is 0 Å². The minimum absolute atomic E-state index is 0.0697. The molecule has 0 amide bonds. The molecular weight excluding hydrogens is 431 g/mol. The molecule has 0 bridgehead atoms. The topological polar surface area (TPSA) is 55.8 Å². The molecule has 3 unspecified atom stereocenters. The number of carbonyl (C=O) groups is 1. The van der Waals surface area contributed by atoms with E-state index in [0.717, 1.165) is 29.9 Å². The normalized spacial score (nSPS) is 14.8. The molecule has 0 aliphatic carbocycles. The summed E-state index contributed by atoms with van der Waals surface area (Å²) in [6.07, 6.45) is 2.04. The molecule has 33 heavy (non-hydrogen) atoms. The monoisotopic (exact) mass is 466 g/mol. The van der Waals surface area contributed by atoms with Gasteiger partial charge in [-0.25, -0.2) is 0 Å². The molecule has 0 aromatic heterocycles. The molecule has 4 nitrogen and oxygen atoms in total. The second kappa shape index (κ2) is 12.1. The van der Waals surface area contributed by atoms with Crippen molar-refractivity contribution in [3.05, 3.63) is 96.6 Å². The summed E-state index contributed by atoms with van der Waals surface area (Å²) in [5.74, 6) is -0.482. The van der Waals surface area contributed by atoms with Gasteiger partial charge in [-0.15, -0.1) is 0 Å². The van der Waals surface area contributed by atoms with Crippen molar-refractivity contribution in [1.82, 2.24) is 0 Å². The molecule has 5 heteroatoms. The van der Waals surface area contributed by atoms with Gasteiger partial charge in [-0.2, -0.15) is 0 Å². The van der Waals surface area contributed by atoms with Crippen molar-refractivity contribution in [3.8, 4) is 0 Å². The van der Waals surface area contributed by atoms with Crippen LogP contribution in [-0.4, -0.2) is 23.3 Å². The zero-order chi connectivity index (χ0) is 23.7. The van der Waals surface area contributed by atoms with E-state index >= 15 is 0 Å². The third kappa shape index (κ3) is 6.29. The summed E-state index contributed by atoms with van der Waals surface area (Å²) in [6.45, 7) is 5.93. The molecule has 0 aliphatic heterocycles. The second-order valence-corrected chi connectivity index (χ2v) is 11.3. The van der Waals surface area contributed by atoms with Crippen molar-refractivity contribution in [2.75, 3.05) is 0 Å². The molecule has 3 aromatic rings. The molecule has 3 atom stereocenters. The fraction of sp³-hybridized carbons (Fsp3) is 0.321. The van der Waals surface area contributed by atoms with Gasteiger partial charge in [0.2, 0.25) is 0 Å². The summed E-state index contributed by atoms with van der Waals surface area (Å²) in [6, 6.07) is 28.5. The Morgan fingerprint density at radius 3 is 1.79 bits per heavy atom. The third-order valence-corrected chi connectivity index (χ3v) is 9.38. The fourth-order valence-electron chi connectivity index (χ4n) is 4.18. The molecule has 1 N–H and O–H groups in total. The first-order chi connectivity index (χ1) is 16.0. The molecule has 3 aromatic carbocycles. The van der Waals surface area contributed by atoms with Gasteiger partial charge in [0.1, 0.15) is 0 Å². The van der Waals surface area contributed by atoms with E-state index in [2.05, 4.69) is 6.92 Å². The Balaban J connectivity index is 2.09. The first-order valence-electron chi connectivity index (χ1n) is 11.7. The predicted molar refractivity (Wildman–Crippen MR) is 138 cm³/mol. The van der Waals surface area contributed by atoms with E-state index in [1.807, 2.05) is 92.7 Å². The Labute approximate surface area is 198 Å². The van der Waals surface area contributed by atoms with Crippen LogP contribution < -0.4 is 10.6 Å². The Bertz CT molecular complexity index is 937. The van der Waals surface area contributed by atoms with Crippen LogP contribution in [0, 0.1) is 5.92 Å². The molecule has 0 heterocycles. The second-order valence-electron chi connectivity index (χ2n) is 8.47. The number of aliphatic hydroxyl groups is 1. The van der Waals surface area contributed by atoms with Crippen molar-refractivity contribution in [3.63, 3.8) is 0 Å². The molecule has 0 saturated carbocycles. The van der Waals surface area contributed by atoms with E-state index in [1.165, 1.54) is 0 Å². The van der Waals surface area contributed by atoms with E-state index in [0.29, 0.717) is 5.56 Å². The number of rotatable bonds is 11. The van der Waals surface area contributed by atoms with Crippen LogP contribution in [0.5, 0.6) is 0 Å². The molecular formula is C28H35O4P. The molecule has 0 saturated heterocycles. The van der Waals surface area contributed by atoms with E-state index < -0.39 is 19.8 Å². The first kappa shape index (κ1) is 25.1. The maximum absolute atomic E-state index is 13.3. The van der Waals surface area contributed by atoms with Gasteiger partial charge in [-0.3, -0.25) is 0 Å². The van der Waals surface area contributed by atoms with Gasteiger partial charge in [0.15, 0.2) is 0 Å². The fourth-order valence-corrected chi connectivity index (χ4v) is 7.41. The summed E-state index contributed by atoms with van der Waals surface area (Å²) in [4.78, 5) is 13.3. The van der Waals surface area contributed by atoms with Gasteiger partial charge in [0.25, 0.3) is 0 Å². The Hall–Kier alpha value is -2.52. The van der Waals surface area contributed by atoms with Crippen LogP contribution in [0.25, 0.3) is 0 Å². The van der Waals surface area contributed by atoms with Crippen LogP contribution in [0.2, 0.25) is 0 Å². The van der Waals surface area contributed by atoms with Crippen molar-refractivity contribution in [2.24, 2.45) is 5.92 Å². The molecule has 0 fully saturated rings. The van der Waals surface area contributed by atoms with Crippen molar-refractivity contribution < 1.29 is 18.9 Å². The summed E-state index contributed by atoms with van der Waals surface area (Å²) < 4.78 is 13.3. The zero-order valence-electron chi connectivity index (χ0n) is 19.7. The number of benzene rings is 3. The van der Waals surface area contributed by atoms with Gasteiger partial charge < -0.3 is 0 Å². The quantitative estimate of drug-likeness (QED) is 0.370. The zero-order valence-corrected chi connectivity index (χ0v) is 20.7. The van der Waals surface area contributed by atoms with E-state index in [1.54, 1.807) is 12.1 Å². The minimum atomic E-state index is -3.47. The number of unbranched alkanes of at least 4 members (excludes halogenated alkanes) is 1. The molecule has 0 aliphatic rings. The van der Waals surface area contributed by atoms with Gasteiger partial charge in [-0.1, -0.05) is 0 Å². The summed E-state index contributed by atoms with van der Waals surface area (Å²) >= 11 is 0. The summed E-state index contributed by atoms with van der Waals surface area (Å²) in [7, 11) is -3.47. The Morgan fingerprint density at radius 1 is 0.848 bits per heavy atom. The molecule has 176 valence electrons. The summed E-state index contributed by atoms with van der Waals surface area (Å²) in [5.41, 5.74) is 0.482. The number of aliphatic hydroxyl groups excluding tert-OH is 1. The van der Waals surface area contributed by atoms with Crippen molar-refractivity contribution in [1.29, 1.82) is 0 Å². The van der Waals surface area contributed by atoms with Crippen LogP contribution in [0.1, 0.15) is 50.4 Å². The maximum atomic E-state index is 13.3. The first-order valence-corrected chi connectivity index (χ1v) is 13.5. The van der Waals surface area contributed by atoms with Crippen molar-refractivity contribution >= 4 is 24.3 Å². The summed E-state index contributed by atoms with van der Waals surface area (Å²) in [5, 5.41) is 12.2. The van der Waals surface area contributed by atoms with E-state index in [-0.39, 0.29) is 12.0 Å². The average Bonchev–Trinajstić information content (AvgIpc) is 2.85. The molecule has 0 spiro atoms. The van der Waals surface area contributed by atoms with Crippen LogP contribution in [0.3, 0.4) is 0 Å². The van der Waals surface area contributed by atoms with Gasteiger partial charge in [0, 0.05) is 0 Å². The predicted octanol–water partition coefficient (Wildman–Crippen LogP) is 5.67. The van der Waals surface area contributed by atoms with Gasteiger partial charge in [-0.05, 0) is 0 Å². The van der Waals surface area contributed by atoms with E-state index in [4.69, 9.17) is 9.05 Å². The van der Waals surface area contributed by atoms with Crippen LogP contribution >= 0.6 is 7.72 Å². The third-order valence-electron chi connectivity index (χ3n) is 6.02. The van der Waals surface area contributed by atoms with Crippen LogP contribution in [-0.2, 0) is 9.05 Å². The van der Waals surface area contributed by atoms with Crippen LogP contribution in [0.15, 0.2) is 91.0 Å². The van der Waals surface area contributed by atoms with Gasteiger partial charge in [0.05, 0.1) is 0 Å². The number of carbonyl (C=O) groups excluding carboxylic acids is 1. The van der Waals surface area contributed by atoms with Crippen molar-refractivity contribution in [2.45, 2.75) is 52.2 Å².